The molecule has 4 N–H and O–H groups in total. The Morgan fingerprint density at radius 3 is 2.25 bits per heavy atom. The summed E-state index contributed by atoms with van der Waals surface area (Å²) in [6.45, 7) is 3.27. The van der Waals surface area contributed by atoms with E-state index in [-0.39, 0.29) is 42.8 Å². The summed E-state index contributed by atoms with van der Waals surface area (Å²) in [7, 11) is 0. The standard InChI is InChI=1S/C18H27N5O3.2ClH/c19-11-13-1-6-16(20-12-13)22-7-9-23(10-8-22)18(26)21-15-4-2-14(3-5-15)17(24)25;;/h1,6,12,14-15H,2-5,7-11,19H2,(H,21,26)(H,24,25);2*1H. The van der Waals surface area contributed by atoms with Crippen molar-refractivity contribution in [3.05, 3.63) is 23.9 Å². The van der Waals surface area contributed by atoms with Crippen LogP contribution in [0.25, 0.3) is 0 Å². The third-order valence-corrected chi connectivity index (χ3v) is 5.34. The monoisotopic (exact) mass is 433 g/mol. The van der Waals surface area contributed by atoms with Crippen molar-refractivity contribution in [1.82, 2.24) is 15.2 Å². The number of urea groups is 1. The number of pyridine rings is 1. The maximum atomic E-state index is 12.5. The van der Waals surface area contributed by atoms with Gasteiger partial charge in [0.05, 0.1) is 5.92 Å². The molecular weight excluding hydrogens is 405 g/mol. The Balaban J connectivity index is 0.00000196. The highest BCUT2D eigenvalue weighted by Crippen LogP contribution is 2.24. The molecule has 1 aliphatic heterocycles. The van der Waals surface area contributed by atoms with Crippen molar-refractivity contribution in [2.24, 2.45) is 11.7 Å². The van der Waals surface area contributed by atoms with Crippen LogP contribution in [-0.2, 0) is 11.3 Å². The summed E-state index contributed by atoms with van der Waals surface area (Å²) in [5, 5.41) is 12.1. The van der Waals surface area contributed by atoms with Gasteiger partial charge in [-0.15, -0.1) is 24.8 Å². The summed E-state index contributed by atoms with van der Waals surface area (Å²) in [5.41, 5.74) is 6.60. The number of hydrogen-bond acceptors (Lipinski definition) is 5. The smallest absolute Gasteiger partial charge is 0.317 e. The van der Waals surface area contributed by atoms with Gasteiger partial charge in [-0.3, -0.25) is 4.79 Å². The SMILES string of the molecule is Cl.Cl.NCc1ccc(N2CCN(C(=O)NC3CCC(C(=O)O)CC3)CC2)nc1. The summed E-state index contributed by atoms with van der Waals surface area (Å²) < 4.78 is 0. The summed E-state index contributed by atoms with van der Waals surface area (Å²) in [6.07, 6.45) is 4.54. The fourth-order valence-corrected chi connectivity index (χ4v) is 3.61. The van der Waals surface area contributed by atoms with E-state index in [4.69, 9.17) is 10.8 Å². The molecule has 0 spiro atoms. The molecular formula is C18H29Cl2N5O3. The van der Waals surface area contributed by atoms with Crippen LogP contribution in [0.4, 0.5) is 10.6 Å². The molecule has 1 aliphatic carbocycles. The molecule has 10 heteroatoms. The molecule has 8 nitrogen and oxygen atoms in total. The Bertz CT molecular complexity index is 631. The van der Waals surface area contributed by atoms with Crippen LogP contribution >= 0.6 is 24.8 Å². The lowest BCUT2D eigenvalue weighted by Crippen LogP contribution is -2.54. The number of rotatable bonds is 4. The van der Waals surface area contributed by atoms with Gasteiger partial charge in [0.1, 0.15) is 5.82 Å². The van der Waals surface area contributed by atoms with E-state index in [2.05, 4.69) is 15.2 Å². The van der Waals surface area contributed by atoms with Crippen LogP contribution in [0.1, 0.15) is 31.2 Å². The van der Waals surface area contributed by atoms with Crippen molar-refractivity contribution in [3.63, 3.8) is 0 Å². The Labute approximate surface area is 177 Å². The number of nitrogens with one attached hydrogen (secondary N) is 1. The summed E-state index contributed by atoms with van der Waals surface area (Å²) in [4.78, 5) is 31.9. The number of nitrogens with two attached hydrogens (primary N) is 1. The average molecular weight is 434 g/mol. The van der Waals surface area contributed by atoms with Gasteiger partial charge in [-0.1, -0.05) is 6.07 Å². The van der Waals surface area contributed by atoms with Gasteiger partial charge in [0.15, 0.2) is 0 Å². The molecule has 0 unspecified atom stereocenters. The number of piperazine rings is 1. The zero-order chi connectivity index (χ0) is 18.5. The van der Waals surface area contributed by atoms with Gasteiger partial charge in [-0.05, 0) is 37.3 Å². The van der Waals surface area contributed by atoms with Gasteiger partial charge >= 0.3 is 12.0 Å². The number of carbonyl (C=O) groups is 2. The molecule has 1 aromatic heterocycles. The van der Waals surface area contributed by atoms with Crippen LogP contribution in [0.3, 0.4) is 0 Å². The van der Waals surface area contributed by atoms with Crippen LogP contribution in [0.5, 0.6) is 0 Å². The first-order valence-corrected chi connectivity index (χ1v) is 9.25. The topological polar surface area (TPSA) is 112 Å². The molecule has 1 saturated carbocycles. The molecule has 0 radical (unpaired) electrons. The number of carboxylic acid groups (broad SMARTS) is 1. The van der Waals surface area contributed by atoms with Crippen molar-refractivity contribution in [1.29, 1.82) is 0 Å². The zero-order valence-electron chi connectivity index (χ0n) is 15.7. The predicted molar refractivity (Wildman–Crippen MR) is 112 cm³/mol. The van der Waals surface area contributed by atoms with Crippen molar-refractivity contribution in [2.75, 3.05) is 31.1 Å². The van der Waals surface area contributed by atoms with E-state index in [1.54, 1.807) is 6.20 Å². The van der Waals surface area contributed by atoms with Crippen LogP contribution in [0.15, 0.2) is 18.3 Å². The maximum absolute atomic E-state index is 12.5. The molecule has 2 heterocycles. The van der Waals surface area contributed by atoms with E-state index in [1.165, 1.54) is 0 Å². The number of aliphatic carboxylic acids is 1. The molecule has 2 fully saturated rings. The minimum atomic E-state index is -0.723. The normalized spacial score (nSPS) is 21.9. The first kappa shape index (κ1) is 24.3. The highest BCUT2D eigenvalue weighted by Gasteiger charge is 2.28. The Hall–Kier alpha value is -1.77. The van der Waals surface area contributed by atoms with Gasteiger partial charge in [-0.25, -0.2) is 9.78 Å². The number of aromatic nitrogens is 1. The van der Waals surface area contributed by atoms with Crippen molar-refractivity contribution < 1.29 is 14.7 Å². The van der Waals surface area contributed by atoms with Gasteiger partial charge in [-0.2, -0.15) is 0 Å². The molecule has 0 bridgehead atoms. The van der Waals surface area contributed by atoms with E-state index in [0.717, 1.165) is 37.3 Å². The quantitative estimate of drug-likeness (QED) is 0.667. The number of carboxylic acids is 1. The Kier molecular flexibility index (Phi) is 9.78. The van der Waals surface area contributed by atoms with Crippen molar-refractivity contribution in [3.8, 4) is 0 Å². The van der Waals surface area contributed by atoms with Gasteiger partial charge in [0.25, 0.3) is 0 Å². The van der Waals surface area contributed by atoms with Crippen LogP contribution < -0.4 is 16.0 Å². The van der Waals surface area contributed by atoms with Gasteiger partial charge < -0.3 is 26.0 Å². The highest BCUT2D eigenvalue weighted by molar-refractivity contribution is 5.85. The first-order chi connectivity index (χ1) is 12.6. The molecule has 1 saturated heterocycles. The molecule has 2 amide bonds. The molecule has 2 aliphatic rings. The van der Waals surface area contributed by atoms with Crippen molar-refractivity contribution >= 4 is 42.6 Å². The Morgan fingerprint density at radius 2 is 1.75 bits per heavy atom. The van der Waals surface area contributed by atoms with Crippen molar-refractivity contribution in [2.45, 2.75) is 38.3 Å². The number of anilines is 1. The minimum absolute atomic E-state index is 0. The molecule has 3 rings (SSSR count). The fourth-order valence-electron chi connectivity index (χ4n) is 3.61. The Morgan fingerprint density at radius 1 is 1.11 bits per heavy atom. The summed E-state index contributed by atoms with van der Waals surface area (Å²) >= 11 is 0. The maximum Gasteiger partial charge on any atom is 0.317 e. The minimum Gasteiger partial charge on any atom is -0.481 e. The number of carbonyl (C=O) groups excluding carboxylic acids is 1. The highest BCUT2D eigenvalue weighted by atomic mass is 35.5. The lowest BCUT2D eigenvalue weighted by atomic mass is 9.86. The lowest BCUT2D eigenvalue weighted by molar-refractivity contribution is -0.142. The summed E-state index contributed by atoms with van der Waals surface area (Å²) in [5.74, 6) is -0.0712. The van der Waals surface area contributed by atoms with E-state index in [0.29, 0.717) is 32.5 Å². The molecule has 1 aromatic rings. The fraction of sp³-hybridized carbons (Fsp3) is 0.611. The van der Waals surface area contributed by atoms with E-state index < -0.39 is 5.97 Å². The van der Waals surface area contributed by atoms with Gasteiger partial charge in [0.2, 0.25) is 0 Å². The second-order valence-corrected chi connectivity index (χ2v) is 7.04. The lowest BCUT2D eigenvalue weighted by Gasteiger charge is -2.36. The largest absolute Gasteiger partial charge is 0.481 e. The van der Waals surface area contributed by atoms with E-state index in [9.17, 15) is 9.59 Å². The molecule has 158 valence electrons. The second kappa shape index (κ2) is 11.3. The first-order valence-electron chi connectivity index (χ1n) is 9.25. The third-order valence-electron chi connectivity index (χ3n) is 5.34. The van der Waals surface area contributed by atoms with Crippen LogP contribution in [0.2, 0.25) is 0 Å². The summed E-state index contributed by atoms with van der Waals surface area (Å²) in [6, 6.07) is 3.99. The number of amides is 2. The predicted octanol–water partition coefficient (Wildman–Crippen LogP) is 1.86. The number of nitrogens with zero attached hydrogens (tertiary/aromatic N) is 3. The molecule has 0 atom stereocenters. The number of hydrogen-bond donors (Lipinski definition) is 3. The van der Waals surface area contributed by atoms with Gasteiger partial charge in [0, 0.05) is 45.0 Å². The average Bonchev–Trinajstić information content (AvgIpc) is 2.68. The van der Waals surface area contributed by atoms with Crippen LogP contribution in [0, 0.1) is 5.92 Å². The van der Waals surface area contributed by atoms with E-state index in [1.807, 2.05) is 17.0 Å². The second-order valence-electron chi connectivity index (χ2n) is 7.04. The number of halogens is 2. The van der Waals surface area contributed by atoms with E-state index >= 15 is 0 Å². The molecule has 0 aromatic carbocycles. The molecule has 28 heavy (non-hydrogen) atoms. The van der Waals surface area contributed by atoms with Crippen LogP contribution in [-0.4, -0.2) is 59.2 Å². The third kappa shape index (κ3) is 6.12. The zero-order valence-corrected chi connectivity index (χ0v) is 17.4.